The van der Waals surface area contributed by atoms with Gasteiger partial charge >= 0.3 is 0 Å². The van der Waals surface area contributed by atoms with Crippen LogP contribution in [0.15, 0.2) is 4.52 Å². The smallest absolute Gasteiger partial charge is 0.261 e. The topological polar surface area (TPSA) is 74.2 Å². The van der Waals surface area contributed by atoms with Gasteiger partial charge in [0.1, 0.15) is 0 Å². The molecule has 2 N–H and O–H groups in total. The first-order chi connectivity index (χ1) is 9.83. The summed E-state index contributed by atoms with van der Waals surface area (Å²) in [5, 5.41) is 4.99. The highest BCUT2D eigenvalue weighted by Crippen LogP contribution is 2.43. The number of anilines is 1. The van der Waals surface area contributed by atoms with Crippen molar-refractivity contribution in [1.82, 2.24) is 10.1 Å². The number of hydrogen-bond acceptors (Lipinski definition) is 6. The molecule has 0 radical (unpaired) electrons. The van der Waals surface area contributed by atoms with Crippen LogP contribution in [0.2, 0.25) is 0 Å². The molecule has 20 heavy (non-hydrogen) atoms. The zero-order valence-corrected chi connectivity index (χ0v) is 12.0. The highest BCUT2D eigenvalue weighted by Gasteiger charge is 2.27. The molecule has 0 amide bonds. The summed E-state index contributed by atoms with van der Waals surface area (Å²) in [6.07, 6.45) is 5.35. The van der Waals surface area contributed by atoms with E-state index in [0.717, 1.165) is 55.3 Å². The summed E-state index contributed by atoms with van der Waals surface area (Å²) in [5.74, 6) is 1.76. The molecule has 0 saturated carbocycles. The number of aryl methyl sites for hydroxylation is 1. The van der Waals surface area contributed by atoms with Crippen LogP contribution in [0.5, 0.6) is 0 Å². The quantitative estimate of drug-likeness (QED) is 0.921. The van der Waals surface area contributed by atoms with Crippen LogP contribution in [0.1, 0.15) is 41.4 Å². The van der Waals surface area contributed by atoms with Crippen molar-refractivity contribution in [3.63, 3.8) is 0 Å². The fraction of sp³-hybridized carbons (Fsp3) is 0.571. The minimum atomic E-state index is 0.356. The lowest BCUT2D eigenvalue weighted by Crippen LogP contribution is -2.15. The van der Waals surface area contributed by atoms with Crippen LogP contribution in [0, 0.1) is 0 Å². The summed E-state index contributed by atoms with van der Waals surface area (Å²) < 4.78 is 10.9. The van der Waals surface area contributed by atoms with Crippen molar-refractivity contribution >= 4 is 16.3 Å². The molecular weight excluding hydrogens is 274 g/mol. The Balaban J connectivity index is 1.68. The van der Waals surface area contributed by atoms with Gasteiger partial charge in [0.2, 0.25) is 0 Å². The average molecular weight is 291 g/mol. The molecule has 4 rings (SSSR count). The number of nitrogen functional groups attached to an aromatic ring is 1. The Kier molecular flexibility index (Phi) is 3.00. The van der Waals surface area contributed by atoms with Crippen molar-refractivity contribution in [1.29, 1.82) is 0 Å². The fourth-order valence-electron chi connectivity index (χ4n) is 3.12. The van der Waals surface area contributed by atoms with Gasteiger partial charge in [-0.15, -0.1) is 11.3 Å². The molecule has 1 aliphatic heterocycles. The van der Waals surface area contributed by atoms with Gasteiger partial charge in [-0.1, -0.05) is 5.16 Å². The van der Waals surface area contributed by atoms with Crippen molar-refractivity contribution in [3.8, 4) is 11.5 Å². The molecule has 5 nitrogen and oxygen atoms in total. The van der Waals surface area contributed by atoms with Crippen molar-refractivity contribution in [2.24, 2.45) is 0 Å². The summed E-state index contributed by atoms with van der Waals surface area (Å²) in [4.78, 5) is 6.00. The summed E-state index contributed by atoms with van der Waals surface area (Å²) in [5.41, 5.74) is 8.46. The van der Waals surface area contributed by atoms with Gasteiger partial charge in [0, 0.05) is 24.0 Å². The standard InChI is InChI=1S/C14H17N3O2S/c15-12-11(9-2-1-3-10(9)20-12)14-16-13(17-19-14)8-4-6-18-7-5-8/h8H,1-7,15H2. The van der Waals surface area contributed by atoms with Crippen molar-refractivity contribution in [3.05, 3.63) is 16.3 Å². The van der Waals surface area contributed by atoms with E-state index in [9.17, 15) is 0 Å². The number of ether oxygens (including phenoxy) is 1. The van der Waals surface area contributed by atoms with E-state index in [0.29, 0.717) is 11.8 Å². The SMILES string of the molecule is Nc1sc2c(c1-c1nc(C3CCOCC3)no1)CCC2. The Bertz CT molecular complexity index is 628. The van der Waals surface area contributed by atoms with Gasteiger partial charge in [0.15, 0.2) is 5.82 Å². The van der Waals surface area contributed by atoms with E-state index >= 15 is 0 Å². The molecule has 106 valence electrons. The molecule has 0 bridgehead atoms. The number of thiophene rings is 1. The van der Waals surface area contributed by atoms with Crippen LogP contribution in [-0.4, -0.2) is 23.4 Å². The lowest BCUT2D eigenvalue weighted by atomic mass is 10.00. The monoisotopic (exact) mass is 291 g/mol. The van der Waals surface area contributed by atoms with Crippen LogP contribution in [0.3, 0.4) is 0 Å². The minimum absolute atomic E-state index is 0.356. The van der Waals surface area contributed by atoms with E-state index < -0.39 is 0 Å². The molecular formula is C14H17N3O2S. The second-order valence-corrected chi connectivity index (χ2v) is 6.58. The summed E-state index contributed by atoms with van der Waals surface area (Å²) in [6.45, 7) is 1.56. The first-order valence-electron chi connectivity index (χ1n) is 7.14. The number of nitrogens with zero attached hydrogens (tertiary/aromatic N) is 2. The van der Waals surface area contributed by atoms with Gasteiger partial charge in [0.05, 0.1) is 10.6 Å². The lowest BCUT2D eigenvalue weighted by molar-refractivity contribution is 0.0830. The maximum absolute atomic E-state index is 6.14. The molecule has 2 aliphatic rings. The Labute approximate surface area is 121 Å². The lowest BCUT2D eigenvalue weighted by Gasteiger charge is -2.18. The number of nitrogens with two attached hydrogens (primary N) is 1. The largest absolute Gasteiger partial charge is 0.390 e. The van der Waals surface area contributed by atoms with Gasteiger partial charge in [-0.2, -0.15) is 4.98 Å². The first kappa shape index (κ1) is 12.3. The van der Waals surface area contributed by atoms with Crippen LogP contribution >= 0.6 is 11.3 Å². The fourth-order valence-corrected chi connectivity index (χ4v) is 4.27. The van der Waals surface area contributed by atoms with Crippen LogP contribution in [0.25, 0.3) is 11.5 Å². The third kappa shape index (κ3) is 1.94. The highest BCUT2D eigenvalue weighted by atomic mass is 32.1. The summed E-state index contributed by atoms with van der Waals surface area (Å²) in [6, 6.07) is 0. The molecule has 0 spiro atoms. The maximum Gasteiger partial charge on any atom is 0.261 e. The van der Waals surface area contributed by atoms with E-state index in [-0.39, 0.29) is 0 Å². The highest BCUT2D eigenvalue weighted by molar-refractivity contribution is 7.16. The molecule has 6 heteroatoms. The Morgan fingerprint density at radius 1 is 1.20 bits per heavy atom. The molecule has 3 heterocycles. The van der Waals surface area contributed by atoms with Crippen LogP contribution in [-0.2, 0) is 17.6 Å². The number of rotatable bonds is 2. The van der Waals surface area contributed by atoms with Gasteiger partial charge in [-0.25, -0.2) is 0 Å². The van der Waals surface area contributed by atoms with E-state index in [1.807, 2.05) is 0 Å². The van der Waals surface area contributed by atoms with Crippen molar-refractivity contribution in [2.75, 3.05) is 18.9 Å². The molecule has 1 fully saturated rings. The summed E-state index contributed by atoms with van der Waals surface area (Å²) in [7, 11) is 0. The second kappa shape index (κ2) is 4.86. The van der Waals surface area contributed by atoms with Gasteiger partial charge in [0.25, 0.3) is 5.89 Å². The normalized spacial score (nSPS) is 19.4. The summed E-state index contributed by atoms with van der Waals surface area (Å²) >= 11 is 1.67. The predicted molar refractivity (Wildman–Crippen MR) is 76.8 cm³/mol. The molecule has 2 aromatic rings. The molecule has 0 aromatic carbocycles. The maximum atomic E-state index is 6.14. The van der Waals surface area contributed by atoms with Gasteiger partial charge < -0.3 is 15.0 Å². The zero-order chi connectivity index (χ0) is 13.5. The predicted octanol–water partition coefficient (Wildman–Crippen LogP) is 2.76. The molecule has 0 atom stereocenters. The number of aromatic nitrogens is 2. The molecule has 2 aromatic heterocycles. The Morgan fingerprint density at radius 3 is 2.90 bits per heavy atom. The third-order valence-corrected chi connectivity index (χ3v) is 5.31. The molecule has 0 unspecified atom stereocenters. The van der Waals surface area contributed by atoms with Gasteiger partial charge in [-0.05, 0) is 37.7 Å². The van der Waals surface area contributed by atoms with Crippen molar-refractivity contribution < 1.29 is 9.26 Å². The third-order valence-electron chi connectivity index (χ3n) is 4.19. The number of fused-ring (bicyclic) bond motifs is 1. The minimum Gasteiger partial charge on any atom is -0.390 e. The Morgan fingerprint density at radius 2 is 2.05 bits per heavy atom. The first-order valence-corrected chi connectivity index (χ1v) is 7.96. The van der Waals surface area contributed by atoms with Crippen LogP contribution in [0.4, 0.5) is 5.00 Å². The number of hydrogen-bond donors (Lipinski definition) is 1. The van der Waals surface area contributed by atoms with Crippen molar-refractivity contribution in [2.45, 2.75) is 38.0 Å². The molecule has 1 saturated heterocycles. The van der Waals surface area contributed by atoms with Crippen LogP contribution < -0.4 is 5.73 Å². The molecule has 1 aliphatic carbocycles. The van der Waals surface area contributed by atoms with E-state index in [1.165, 1.54) is 16.9 Å². The van der Waals surface area contributed by atoms with E-state index in [1.54, 1.807) is 11.3 Å². The average Bonchev–Trinajstić information content (AvgIpc) is 3.15. The van der Waals surface area contributed by atoms with E-state index in [4.69, 9.17) is 15.0 Å². The second-order valence-electron chi connectivity index (χ2n) is 5.44. The zero-order valence-electron chi connectivity index (χ0n) is 11.2. The van der Waals surface area contributed by atoms with Gasteiger partial charge in [-0.3, -0.25) is 0 Å². The Hall–Kier alpha value is -1.40. The van der Waals surface area contributed by atoms with E-state index in [2.05, 4.69) is 10.1 Å².